The van der Waals surface area contributed by atoms with Crippen molar-refractivity contribution in [3.8, 4) is 0 Å². The van der Waals surface area contributed by atoms with Gasteiger partial charge in [-0.2, -0.15) is 0 Å². The number of alkyl halides is 5. The van der Waals surface area contributed by atoms with Crippen LogP contribution in [-0.4, -0.2) is 30.1 Å². The summed E-state index contributed by atoms with van der Waals surface area (Å²) in [6.07, 6.45) is 14.9. The Balaban J connectivity index is 1.98. The molecular weight excluding hydrogens is 515 g/mol. The number of rotatable bonds is 13. The van der Waals surface area contributed by atoms with Crippen LogP contribution in [0.4, 0.5) is 22.0 Å². The Hall–Kier alpha value is -2.35. The normalized spacial score (nSPS) is 26.6. The van der Waals surface area contributed by atoms with Gasteiger partial charge < -0.3 is 14.2 Å². The molecule has 0 aromatic carbocycles. The van der Waals surface area contributed by atoms with E-state index in [1.807, 2.05) is 18.2 Å². The number of unbranched alkanes of at least 4 members (excludes halogenated alkanes) is 1. The van der Waals surface area contributed by atoms with Gasteiger partial charge in [-0.25, -0.2) is 8.78 Å². The van der Waals surface area contributed by atoms with Gasteiger partial charge in [-0.05, 0) is 83.8 Å². The highest BCUT2D eigenvalue weighted by atomic mass is 19.4. The molecule has 1 heterocycles. The Labute approximate surface area is 229 Å². The molecule has 8 heteroatoms. The third-order valence-electron chi connectivity index (χ3n) is 7.71. The van der Waals surface area contributed by atoms with Crippen LogP contribution in [0.15, 0.2) is 72.8 Å². The van der Waals surface area contributed by atoms with E-state index in [0.29, 0.717) is 44.9 Å². The molecule has 39 heavy (non-hydrogen) atoms. The van der Waals surface area contributed by atoms with Crippen molar-refractivity contribution >= 4 is 0 Å². The average molecular weight is 557 g/mol. The van der Waals surface area contributed by atoms with Gasteiger partial charge in [0.05, 0.1) is 6.10 Å². The maximum atomic E-state index is 14.7. The van der Waals surface area contributed by atoms with Crippen molar-refractivity contribution in [2.45, 2.75) is 109 Å². The van der Waals surface area contributed by atoms with Crippen LogP contribution in [0.5, 0.6) is 0 Å². The summed E-state index contributed by atoms with van der Waals surface area (Å²) in [5.41, 5.74) is -0.822. The van der Waals surface area contributed by atoms with E-state index >= 15 is 0 Å². The van der Waals surface area contributed by atoms with Crippen LogP contribution in [0.3, 0.4) is 0 Å². The maximum Gasteiger partial charge on any atom is 0.575 e. The summed E-state index contributed by atoms with van der Waals surface area (Å²) in [5, 5.41) is 0. The average Bonchev–Trinajstić information content (AvgIpc) is 2.85. The van der Waals surface area contributed by atoms with Crippen molar-refractivity contribution in [2.75, 3.05) is 0 Å². The van der Waals surface area contributed by atoms with Crippen LogP contribution in [-0.2, 0) is 14.2 Å². The summed E-state index contributed by atoms with van der Waals surface area (Å²) in [5.74, 6) is -2.75. The smallest absolute Gasteiger partial charge is 0.457 e. The van der Waals surface area contributed by atoms with Crippen molar-refractivity contribution < 1.29 is 36.2 Å². The fourth-order valence-electron chi connectivity index (χ4n) is 5.80. The van der Waals surface area contributed by atoms with Gasteiger partial charge in [0.2, 0.25) is 5.85 Å². The molecule has 2 aliphatic carbocycles. The molecule has 5 unspecified atom stereocenters. The molecular formula is C31H41F5O3. The van der Waals surface area contributed by atoms with Gasteiger partial charge >= 0.3 is 6.36 Å². The number of hydrogen-bond acceptors (Lipinski definition) is 3. The van der Waals surface area contributed by atoms with Crippen molar-refractivity contribution in [3.63, 3.8) is 0 Å². The van der Waals surface area contributed by atoms with Crippen LogP contribution >= 0.6 is 0 Å². The van der Waals surface area contributed by atoms with Crippen molar-refractivity contribution in [2.24, 2.45) is 11.3 Å². The lowest BCUT2D eigenvalue weighted by molar-refractivity contribution is -0.326. The zero-order valence-corrected chi connectivity index (χ0v) is 23.1. The second kappa shape index (κ2) is 12.9. The fourth-order valence-corrected chi connectivity index (χ4v) is 5.80. The number of hydrogen-bond donors (Lipinski definition) is 0. The molecule has 0 radical (unpaired) electrons. The number of halogens is 5. The lowest BCUT2D eigenvalue weighted by Crippen LogP contribution is -2.46. The van der Waals surface area contributed by atoms with Crippen molar-refractivity contribution in [1.29, 1.82) is 0 Å². The lowest BCUT2D eigenvalue weighted by Gasteiger charge is -2.48. The lowest BCUT2D eigenvalue weighted by atomic mass is 9.60. The van der Waals surface area contributed by atoms with Gasteiger partial charge in [-0.3, -0.25) is 0 Å². The third-order valence-corrected chi connectivity index (χ3v) is 7.71. The third kappa shape index (κ3) is 9.66. The Morgan fingerprint density at radius 3 is 2.38 bits per heavy atom. The summed E-state index contributed by atoms with van der Waals surface area (Å²) in [6, 6.07) is 0. The molecule has 0 saturated heterocycles. The molecule has 3 nitrogen and oxygen atoms in total. The minimum atomic E-state index is -4.89. The van der Waals surface area contributed by atoms with Crippen LogP contribution in [0.2, 0.25) is 0 Å². The minimum Gasteiger partial charge on any atom is -0.457 e. The van der Waals surface area contributed by atoms with Gasteiger partial charge in [-0.15, -0.1) is 13.2 Å². The molecule has 1 aliphatic heterocycles. The monoisotopic (exact) mass is 556 g/mol. The van der Waals surface area contributed by atoms with Crippen LogP contribution in [0, 0.1) is 11.3 Å². The molecule has 3 rings (SSSR count). The first-order chi connectivity index (χ1) is 18.2. The standard InChI is InChI=1S/C31H41F5O3/c1-5-29(4,33)38-25-16-11-15-24(21-25)30(20-10-9-19-28(2,3)32,22-23-13-7-6-8-14-23)26-17-12-18-27(37-26)39-31(34,35)36/h5-7,11-13,16-18,24-26H,1,8-10,14-15,19-22H2,2-4H3. The van der Waals surface area contributed by atoms with E-state index in [1.54, 1.807) is 19.9 Å². The molecule has 0 aromatic rings. The van der Waals surface area contributed by atoms with E-state index in [9.17, 15) is 22.0 Å². The highest BCUT2D eigenvalue weighted by Crippen LogP contribution is 2.52. The predicted octanol–water partition coefficient (Wildman–Crippen LogP) is 9.50. The van der Waals surface area contributed by atoms with Crippen LogP contribution in [0.1, 0.15) is 78.6 Å². The van der Waals surface area contributed by atoms with Crippen molar-refractivity contribution in [3.05, 3.63) is 72.8 Å². The highest BCUT2D eigenvalue weighted by Gasteiger charge is 2.48. The second-order valence-corrected chi connectivity index (χ2v) is 11.5. The van der Waals surface area contributed by atoms with E-state index in [2.05, 4.69) is 23.5 Å². The Morgan fingerprint density at radius 1 is 1.00 bits per heavy atom. The number of ether oxygens (including phenoxy) is 3. The van der Waals surface area contributed by atoms with Gasteiger partial charge in [0.1, 0.15) is 11.8 Å². The molecule has 0 amide bonds. The van der Waals surface area contributed by atoms with Crippen LogP contribution < -0.4 is 0 Å². The molecule has 0 bridgehead atoms. The maximum absolute atomic E-state index is 14.7. The van der Waals surface area contributed by atoms with Crippen molar-refractivity contribution in [1.82, 2.24) is 0 Å². The molecule has 0 N–H and O–H groups in total. The Bertz CT molecular complexity index is 983. The number of allylic oxidation sites excluding steroid dienone is 7. The van der Waals surface area contributed by atoms with Gasteiger partial charge in [0, 0.05) is 11.5 Å². The fraction of sp³-hybridized carbons (Fsp3) is 0.613. The van der Waals surface area contributed by atoms with Crippen LogP contribution in [0.25, 0.3) is 0 Å². The second-order valence-electron chi connectivity index (χ2n) is 11.5. The largest absolute Gasteiger partial charge is 0.575 e. The summed E-state index contributed by atoms with van der Waals surface area (Å²) >= 11 is 0. The SMILES string of the molecule is C=CC(C)(F)OC1C=CCC(C(CCCCC(C)(C)F)(CC2=CC=CCC2)C2C=CC=C(OC(F)(F)F)O2)C1. The molecule has 0 fully saturated rings. The minimum absolute atomic E-state index is 0.113. The molecule has 0 saturated carbocycles. The van der Waals surface area contributed by atoms with E-state index in [0.717, 1.165) is 25.0 Å². The van der Waals surface area contributed by atoms with E-state index in [1.165, 1.54) is 18.6 Å². The zero-order valence-electron chi connectivity index (χ0n) is 23.1. The van der Waals surface area contributed by atoms with Gasteiger partial charge in [0.25, 0.3) is 5.95 Å². The summed E-state index contributed by atoms with van der Waals surface area (Å²) in [7, 11) is 0. The summed E-state index contributed by atoms with van der Waals surface area (Å²) < 4.78 is 84.1. The first-order valence-electron chi connectivity index (χ1n) is 13.7. The van der Waals surface area contributed by atoms with Gasteiger partial charge in [-0.1, -0.05) is 61.4 Å². The molecule has 5 atom stereocenters. The molecule has 0 spiro atoms. The first kappa shape index (κ1) is 31.2. The van der Waals surface area contributed by atoms with E-state index in [-0.39, 0.29) is 5.92 Å². The quantitative estimate of drug-likeness (QED) is 0.128. The highest BCUT2D eigenvalue weighted by molar-refractivity contribution is 5.24. The summed E-state index contributed by atoms with van der Waals surface area (Å²) in [6.45, 7) is 7.89. The Morgan fingerprint density at radius 2 is 1.74 bits per heavy atom. The van der Waals surface area contributed by atoms with E-state index < -0.39 is 41.5 Å². The molecule has 218 valence electrons. The topological polar surface area (TPSA) is 27.7 Å². The Kier molecular flexibility index (Phi) is 10.3. The van der Waals surface area contributed by atoms with Gasteiger partial charge in [0.15, 0.2) is 0 Å². The molecule has 0 aromatic heterocycles. The first-order valence-corrected chi connectivity index (χ1v) is 13.7. The molecule has 3 aliphatic rings. The summed E-state index contributed by atoms with van der Waals surface area (Å²) in [4.78, 5) is 0. The zero-order chi connectivity index (χ0) is 28.7. The predicted molar refractivity (Wildman–Crippen MR) is 143 cm³/mol. The van der Waals surface area contributed by atoms with E-state index in [4.69, 9.17) is 9.47 Å².